The Balaban J connectivity index is 2.21. The van der Waals surface area contributed by atoms with Crippen LogP contribution < -0.4 is 10.1 Å². The van der Waals surface area contributed by atoms with Gasteiger partial charge in [-0.2, -0.15) is 4.98 Å². The number of nitrogens with zero attached hydrogens (tertiary/aromatic N) is 2. The van der Waals surface area contributed by atoms with E-state index in [4.69, 9.17) is 4.74 Å². The van der Waals surface area contributed by atoms with Gasteiger partial charge in [-0.25, -0.2) is 4.98 Å². The molecule has 0 spiro atoms. The smallest absolute Gasteiger partial charge is 0.224 e. The van der Waals surface area contributed by atoms with Crippen LogP contribution in [0.3, 0.4) is 0 Å². The molecule has 2 rings (SSSR count). The van der Waals surface area contributed by atoms with Gasteiger partial charge in [0, 0.05) is 12.6 Å². The van der Waals surface area contributed by atoms with Crippen molar-refractivity contribution in [3.05, 3.63) is 41.2 Å². The summed E-state index contributed by atoms with van der Waals surface area (Å²) in [6.45, 7) is 8.98. The number of hydrogen-bond donors (Lipinski definition) is 1. The first-order valence-corrected chi connectivity index (χ1v) is 6.92. The summed E-state index contributed by atoms with van der Waals surface area (Å²) in [5.41, 5.74) is 2.35. The van der Waals surface area contributed by atoms with Gasteiger partial charge in [0.25, 0.3) is 0 Å². The average Bonchev–Trinajstić information content (AvgIpc) is 2.34. The van der Waals surface area contributed by atoms with E-state index < -0.39 is 0 Å². The van der Waals surface area contributed by atoms with Crippen LogP contribution in [0.5, 0.6) is 11.6 Å². The SMILES string of the molecule is CCCNc1cc(Oc2cc(C)cc(C)c2)nc(C)n1. The summed E-state index contributed by atoms with van der Waals surface area (Å²) in [6, 6.07) is 7.96. The van der Waals surface area contributed by atoms with E-state index in [1.807, 2.05) is 25.1 Å². The van der Waals surface area contributed by atoms with Crippen molar-refractivity contribution in [1.82, 2.24) is 9.97 Å². The summed E-state index contributed by atoms with van der Waals surface area (Å²) in [7, 11) is 0. The Bertz CT molecular complexity index is 576. The Hall–Kier alpha value is -2.10. The monoisotopic (exact) mass is 271 g/mol. The van der Waals surface area contributed by atoms with E-state index in [0.29, 0.717) is 11.7 Å². The number of hydrogen-bond acceptors (Lipinski definition) is 4. The zero-order valence-electron chi connectivity index (χ0n) is 12.5. The minimum Gasteiger partial charge on any atom is -0.439 e. The van der Waals surface area contributed by atoms with Gasteiger partial charge in [0.1, 0.15) is 17.4 Å². The second kappa shape index (κ2) is 6.37. The second-order valence-corrected chi connectivity index (χ2v) is 4.99. The van der Waals surface area contributed by atoms with Gasteiger partial charge in [-0.15, -0.1) is 0 Å². The zero-order valence-corrected chi connectivity index (χ0v) is 12.5. The van der Waals surface area contributed by atoms with Gasteiger partial charge in [-0.3, -0.25) is 0 Å². The van der Waals surface area contributed by atoms with Crippen molar-refractivity contribution in [2.24, 2.45) is 0 Å². The van der Waals surface area contributed by atoms with E-state index in [1.54, 1.807) is 0 Å². The van der Waals surface area contributed by atoms with Crippen molar-refractivity contribution in [2.75, 3.05) is 11.9 Å². The molecule has 0 aliphatic rings. The van der Waals surface area contributed by atoms with Crippen LogP contribution in [-0.2, 0) is 0 Å². The lowest BCUT2D eigenvalue weighted by molar-refractivity contribution is 0.459. The van der Waals surface area contributed by atoms with Gasteiger partial charge in [0.05, 0.1) is 0 Å². The lowest BCUT2D eigenvalue weighted by Crippen LogP contribution is -2.04. The Morgan fingerprint density at radius 1 is 1.00 bits per heavy atom. The second-order valence-electron chi connectivity index (χ2n) is 4.99. The molecule has 0 saturated heterocycles. The third-order valence-corrected chi connectivity index (χ3v) is 2.79. The highest BCUT2D eigenvalue weighted by atomic mass is 16.5. The van der Waals surface area contributed by atoms with Gasteiger partial charge >= 0.3 is 0 Å². The third kappa shape index (κ3) is 3.95. The fraction of sp³-hybridized carbons (Fsp3) is 0.375. The summed E-state index contributed by atoms with van der Waals surface area (Å²) >= 11 is 0. The Morgan fingerprint density at radius 3 is 2.35 bits per heavy atom. The molecule has 1 N–H and O–H groups in total. The Labute approximate surface area is 120 Å². The molecule has 0 bridgehead atoms. The van der Waals surface area contributed by atoms with Crippen molar-refractivity contribution in [3.63, 3.8) is 0 Å². The van der Waals surface area contributed by atoms with Crippen LogP contribution >= 0.6 is 0 Å². The predicted molar refractivity (Wildman–Crippen MR) is 81.5 cm³/mol. The number of nitrogens with one attached hydrogen (secondary N) is 1. The third-order valence-electron chi connectivity index (χ3n) is 2.79. The molecular formula is C16H21N3O. The van der Waals surface area contributed by atoms with Crippen molar-refractivity contribution in [3.8, 4) is 11.6 Å². The maximum absolute atomic E-state index is 5.85. The summed E-state index contributed by atoms with van der Waals surface area (Å²) in [5.74, 6) is 2.88. The molecule has 0 atom stereocenters. The highest BCUT2D eigenvalue weighted by Crippen LogP contribution is 2.23. The quantitative estimate of drug-likeness (QED) is 0.892. The van der Waals surface area contributed by atoms with Gasteiger partial charge in [-0.05, 0) is 50.5 Å². The first-order valence-electron chi connectivity index (χ1n) is 6.92. The van der Waals surface area contributed by atoms with Gasteiger partial charge in [-0.1, -0.05) is 13.0 Å². The van der Waals surface area contributed by atoms with Crippen LogP contribution in [-0.4, -0.2) is 16.5 Å². The van der Waals surface area contributed by atoms with E-state index >= 15 is 0 Å². The number of rotatable bonds is 5. The van der Waals surface area contributed by atoms with Crippen molar-refractivity contribution < 1.29 is 4.74 Å². The minimum absolute atomic E-state index is 0.570. The van der Waals surface area contributed by atoms with Crippen molar-refractivity contribution in [1.29, 1.82) is 0 Å². The molecule has 0 aliphatic carbocycles. The molecule has 1 aromatic carbocycles. The maximum atomic E-state index is 5.85. The summed E-state index contributed by atoms with van der Waals surface area (Å²) < 4.78 is 5.85. The highest BCUT2D eigenvalue weighted by molar-refractivity contribution is 5.41. The standard InChI is InChI=1S/C16H21N3O/c1-5-6-17-15-10-16(19-13(4)18-15)20-14-8-11(2)7-12(3)9-14/h7-10H,5-6H2,1-4H3,(H,17,18,19). The van der Waals surface area contributed by atoms with Gasteiger partial charge in [0.15, 0.2) is 0 Å². The average molecular weight is 271 g/mol. The molecule has 0 unspecified atom stereocenters. The van der Waals surface area contributed by atoms with Crippen LogP contribution in [0.4, 0.5) is 5.82 Å². The molecular weight excluding hydrogens is 250 g/mol. The molecule has 2 aromatic rings. The fourth-order valence-electron chi connectivity index (χ4n) is 2.05. The van der Waals surface area contributed by atoms with Crippen LogP contribution in [0.2, 0.25) is 0 Å². The molecule has 0 saturated carbocycles. The Kier molecular flexibility index (Phi) is 4.56. The van der Waals surface area contributed by atoms with Crippen LogP contribution in [0.25, 0.3) is 0 Å². The number of aromatic nitrogens is 2. The molecule has 1 heterocycles. The topological polar surface area (TPSA) is 47.0 Å². The molecule has 4 heteroatoms. The van der Waals surface area contributed by atoms with Crippen LogP contribution in [0, 0.1) is 20.8 Å². The first kappa shape index (κ1) is 14.3. The van der Waals surface area contributed by atoms with Crippen LogP contribution in [0.1, 0.15) is 30.3 Å². The number of ether oxygens (including phenoxy) is 1. The molecule has 0 amide bonds. The molecule has 1 aromatic heterocycles. The largest absolute Gasteiger partial charge is 0.439 e. The number of aryl methyl sites for hydroxylation is 3. The molecule has 106 valence electrons. The summed E-state index contributed by atoms with van der Waals surface area (Å²) in [6.07, 6.45) is 1.05. The lowest BCUT2D eigenvalue weighted by Gasteiger charge is -2.10. The fourth-order valence-corrected chi connectivity index (χ4v) is 2.05. The maximum Gasteiger partial charge on any atom is 0.224 e. The van der Waals surface area contributed by atoms with Crippen molar-refractivity contribution in [2.45, 2.75) is 34.1 Å². The van der Waals surface area contributed by atoms with E-state index in [9.17, 15) is 0 Å². The van der Waals surface area contributed by atoms with E-state index in [-0.39, 0.29) is 0 Å². The normalized spacial score (nSPS) is 10.4. The highest BCUT2D eigenvalue weighted by Gasteiger charge is 2.05. The number of benzene rings is 1. The predicted octanol–water partition coefficient (Wildman–Crippen LogP) is 4.02. The lowest BCUT2D eigenvalue weighted by atomic mass is 10.1. The van der Waals surface area contributed by atoms with E-state index in [2.05, 4.69) is 42.1 Å². The zero-order chi connectivity index (χ0) is 14.5. The van der Waals surface area contributed by atoms with E-state index in [1.165, 1.54) is 11.1 Å². The minimum atomic E-state index is 0.570. The molecule has 0 radical (unpaired) electrons. The van der Waals surface area contributed by atoms with Crippen LogP contribution in [0.15, 0.2) is 24.3 Å². The van der Waals surface area contributed by atoms with Crippen molar-refractivity contribution >= 4 is 5.82 Å². The molecule has 20 heavy (non-hydrogen) atoms. The van der Waals surface area contributed by atoms with E-state index in [0.717, 1.165) is 24.5 Å². The summed E-state index contributed by atoms with van der Waals surface area (Å²) in [4.78, 5) is 8.67. The molecule has 0 aliphatic heterocycles. The first-order chi connectivity index (χ1) is 9.56. The summed E-state index contributed by atoms with van der Waals surface area (Å²) in [5, 5.41) is 3.25. The molecule has 4 nitrogen and oxygen atoms in total. The Morgan fingerprint density at radius 2 is 1.70 bits per heavy atom. The molecule has 0 fully saturated rings. The van der Waals surface area contributed by atoms with Gasteiger partial charge < -0.3 is 10.1 Å². The number of anilines is 1. The van der Waals surface area contributed by atoms with Gasteiger partial charge in [0.2, 0.25) is 5.88 Å².